The first-order valence-electron chi connectivity index (χ1n) is 3.60. The molecule has 0 aliphatic carbocycles. The van der Waals surface area contributed by atoms with Gasteiger partial charge in [-0.1, -0.05) is 6.07 Å². The van der Waals surface area contributed by atoms with E-state index in [1.54, 1.807) is 38.6 Å². The van der Waals surface area contributed by atoms with Crippen molar-refractivity contribution >= 4 is 12.6 Å². The maximum atomic E-state index is 11.6. The quantitative estimate of drug-likeness (QED) is 0.652. The summed E-state index contributed by atoms with van der Waals surface area (Å²) in [6, 6.07) is 5.28. The molecule has 0 aliphatic heterocycles. The Hall–Kier alpha value is -0.820. The molecule has 0 N–H and O–H groups in total. The van der Waals surface area contributed by atoms with Gasteiger partial charge in [0.05, 0.1) is 7.11 Å². The maximum Gasteiger partial charge on any atom is 0.213 e. The van der Waals surface area contributed by atoms with E-state index in [0.717, 1.165) is 0 Å². The van der Waals surface area contributed by atoms with Crippen LogP contribution < -0.4 is 10.2 Å². The summed E-state index contributed by atoms with van der Waals surface area (Å²) in [5.41, 5.74) is 0.613. The molecule has 0 bridgehead atoms. The topological polar surface area (TPSA) is 39.2 Å². The predicted octanol–water partition coefficient (Wildman–Crippen LogP) is 1.34. The second-order valence-corrected chi connectivity index (χ2v) is 6.05. The summed E-state index contributed by atoms with van der Waals surface area (Å²) in [7, 11) is -0.705. The van der Waals surface area contributed by atoms with Crippen molar-refractivity contribution in [2.75, 3.05) is 20.4 Å². The van der Waals surface area contributed by atoms with Crippen LogP contribution in [-0.2, 0) is 4.57 Å². The van der Waals surface area contributed by atoms with E-state index in [1.807, 2.05) is 0 Å². The summed E-state index contributed by atoms with van der Waals surface area (Å²) < 4.78 is 16.5. The van der Waals surface area contributed by atoms with E-state index >= 15 is 0 Å². The van der Waals surface area contributed by atoms with E-state index in [2.05, 4.69) is 4.98 Å². The van der Waals surface area contributed by atoms with E-state index in [0.29, 0.717) is 11.3 Å². The molecule has 1 heterocycles. The molecule has 0 atom stereocenters. The number of hydrogen-bond acceptors (Lipinski definition) is 3. The average Bonchev–Trinajstić information content (AvgIpc) is 2.03. The van der Waals surface area contributed by atoms with Crippen LogP contribution in [0.15, 0.2) is 18.2 Å². The average molecular weight is 185 g/mol. The van der Waals surface area contributed by atoms with Gasteiger partial charge in [0.15, 0.2) is 0 Å². The number of pyridine rings is 1. The zero-order chi connectivity index (χ0) is 9.19. The maximum absolute atomic E-state index is 11.6. The van der Waals surface area contributed by atoms with Gasteiger partial charge in [-0.15, -0.1) is 0 Å². The molecule has 0 unspecified atom stereocenters. The minimum atomic E-state index is -2.25. The number of hydrogen-bond donors (Lipinski definition) is 0. The van der Waals surface area contributed by atoms with Crippen molar-refractivity contribution in [2.45, 2.75) is 0 Å². The molecule has 1 aromatic heterocycles. The normalized spacial score (nSPS) is 11.2. The molecule has 0 fully saturated rings. The lowest BCUT2D eigenvalue weighted by molar-refractivity contribution is 0.399. The highest BCUT2D eigenvalue weighted by molar-refractivity contribution is 7.69. The smallest absolute Gasteiger partial charge is 0.213 e. The molecule has 0 aromatic carbocycles. The SMILES string of the molecule is COc1cccc(P(C)(C)=O)n1. The Balaban J connectivity index is 3.11. The molecule has 66 valence electrons. The van der Waals surface area contributed by atoms with Crippen LogP contribution in [0.3, 0.4) is 0 Å². The summed E-state index contributed by atoms with van der Waals surface area (Å²) in [5.74, 6) is 0.511. The van der Waals surface area contributed by atoms with Crippen LogP contribution in [-0.4, -0.2) is 25.4 Å². The van der Waals surface area contributed by atoms with Crippen molar-refractivity contribution in [3.05, 3.63) is 18.2 Å². The van der Waals surface area contributed by atoms with E-state index in [4.69, 9.17) is 4.74 Å². The van der Waals surface area contributed by atoms with Gasteiger partial charge in [-0.3, -0.25) is 0 Å². The van der Waals surface area contributed by atoms with Crippen LogP contribution in [0.4, 0.5) is 0 Å². The first-order chi connectivity index (χ1) is 5.54. The number of rotatable bonds is 2. The Bertz CT molecular complexity index is 319. The third kappa shape index (κ3) is 2.08. The van der Waals surface area contributed by atoms with Gasteiger partial charge in [-0.05, 0) is 19.4 Å². The van der Waals surface area contributed by atoms with Gasteiger partial charge in [0.25, 0.3) is 0 Å². The standard InChI is InChI=1S/C8H12NO2P/c1-11-7-5-4-6-8(9-7)12(2,3)10/h4-6H,1-3H3. The van der Waals surface area contributed by atoms with Crippen molar-refractivity contribution in [2.24, 2.45) is 0 Å². The summed E-state index contributed by atoms with van der Waals surface area (Å²) in [4.78, 5) is 4.08. The molecule has 3 nitrogen and oxygen atoms in total. The Morgan fingerprint density at radius 1 is 1.42 bits per heavy atom. The first kappa shape index (κ1) is 9.27. The van der Waals surface area contributed by atoms with Gasteiger partial charge in [0, 0.05) is 6.07 Å². The lowest BCUT2D eigenvalue weighted by Gasteiger charge is -2.06. The molecule has 4 heteroatoms. The summed E-state index contributed by atoms with van der Waals surface area (Å²) in [5, 5.41) is 0. The van der Waals surface area contributed by atoms with E-state index < -0.39 is 7.14 Å². The van der Waals surface area contributed by atoms with Gasteiger partial charge >= 0.3 is 0 Å². The number of aromatic nitrogens is 1. The molecule has 12 heavy (non-hydrogen) atoms. The molecule has 1 aromatic rings. The van der Waals surface area contributed by atoms with Crippen LogP contribution in [0.25, 0.3) is 0 Å². The fourth-order valence-corrected chi connectivity index (χ4v) is 1.60. The van der Waals surface area contributed by atoms with Crippen molar-refractivity contribution in [1.29, 1.82) is 0 Å². The highest BCUT2D eigenvalue weighted by Gasteiger charge is 2.12. The molecule has 1 rings (SSSR count). The lowest BCUT2D eigenvalue weighted by atomic mass is 10.5. The van der Waals surface area contributed by atoms with Crippen LogP contribution in [0.1, 0.15) is 0 Å². The minimum Gasteiger partial charge on any atom is -0.481 e. The molecular weight excluding hydrogens is 173 g/mol. The van der Waals surface area contributed by atoms with Crippen LogP contribution in [0.2, 0.25) is 0 Å². The monoisotopic (exact) mass is 185 g/mol. The van der Waals surface area contributed by atoms with E-state index in [1.165, 1.54) is 0 Å². The number of ether oxygens (including phenoxy) is 1. The number of methoxy groups -OCH3 is 1. The third-order valence-corrected chi connectivity index (χ3v) is 2.82. The fourth-order valence-electron chi connectivity index (χ4n) is 0.818. The zero-order valence-corrected chi connectivity index (χ0v) is 8.34. The Labute approximate surface area is 72.1 Å². The Morgan fingerprint density at radius 2 is 2.08 bits per heavy atom. The third-order valence-electron chi connectivity index (χ3n) is 1.47. The van der Waals surface area contributed by atoms with Gasteiger partial charge in [-0.2, -0.15) is 0 Å². The van der Waals surface area contributed by atoms with Gasteiger partial charge in [0.2, 0.25) is 5.88 Å². The molecule has 0 amide bonds. The summed E-state index contributed by atoms with van der Waals surface area (Å²) in [6.07, 6.45) is 0. The van der Waals surface area contributed by atoms with Crippen LogP contribution in [0.5, 0.6) is 5.88 Å². The van der Waals surface area contributed by atoms with Gasteiger partial charge in [0.1, 0.15) is 12.6 Å². The first-order valence-corrected chi connectivity index (χ1v) is 6.21. The molecular formula is C8H12NO2P. The minimum absolute atomic E-state index is 0.511. The summed E-state index contributed by atoms with van der Waals surface area (Å²) >= 11 is 0. The molecule has 0 radical (unpaired) electrons. The largest absolute Gasteiger partial charge is 0.481 e. The van der Waals surface area contributed by atoms with Crippen molar-refractivity contribution in [1.82, 2.24) is 4.98 Å². The Kier molecular flexibility index (Phi) is 2.53. The molecule has 0 saturated carbocycles. The van der Waals surface area contributed by atoms with Crippen LogP contribution >= 0.6 is 7.14 Å². The van der Waals surface area contributed by atoms with Crippen LogP contribution in [0, 0.1) is 0 Å². The van der Waals surface area contributed by atoms with E-state index in [9.17, 15) is 4.57 Å². The second-order valence-electron chi connectivity index (χ2n) is 2.89. The predicted molar refractivity (Wildman–Crippen MR) is 49.9 cm³/mol. The molecule has 0 saturated heterocycles. The molecule has 0 spiro atoms. The van der Waals surface area contributed by atoms with Crippen molar-refractivity contribution in [3.8, 4) is 5.88 Å². The van der Waals surface area contributed by atoms with Gasteiger partial charge < -0.3 is 9.30 Å². The van der Waals surface area contributed by atoms with E-state index in [-0.39, 0.29) is 0 Å². The highest BCUT2D eigenvalue weighted by atomic mass is 31.2. The lowest BCUT2D eigenvalue weighted by Crippen LogP contribution is -2.08. The summed E-state index contributed by atoms with van der Waals surface area (Å²) in [6.45, 7) is 3.38. The molecule has 0 aliphatic rings. The highest BCUT2D eigenvalue weighted by Crippen LogP contribution is 2.33. The zero-order valence-electron chi connectivity index (χ0n) is 7.44. The second kappa shape index (κ2) is 3.28. The fraction of sp³-hybridized carbons (Fsp3) is 0.375. The van der Waals surface area contributed by atoms with Crippen molar-refractivity contribution in [3.63, 3.8) is 0 Å². The van der Waals surface area contributed by atoms with Crippen molar-refractivity contribution < 1.29 is 9.30 Å². The van der Waals surface area contributed by atoms with Gasteiger partial charge in [-0.25, -0.2) is 4.98 Å². The Morgan fingerprint density at radius 3 is 2.58 bits per heavy atom. The number of nitrogens with zero attached hydrogens (tertiary/aromatic N) is 1.